The number of amides is 1. The molecule has 1 aliphatic heterocycles. The SMILES string of the molecule is O=C(Nc1cc2c(cc1Cl)OCCCO2)c1coc(C2CCC2)n1. The summed E-state index contributed by atoms with van der Waals surface area (Å²) in [6.07, 6.45) is 5.50. The van der Waals surface area contributed by atoms with Crippen molar-refractivity contribution in [1.82, 2.24) is 4.98 Å². The molecule has 1 aliphatic carbocycles. The van der Waals surface area contributed by atoms with Crippen LogP contribution in [0.3, 0.4) is 0 Å². The van der Waals surface area contributed by atoms with Crippen molar-refractivity contribution in [3.05, 3.63) is 35.0 Å². The number of aromatic nitrogens is 1. The van der Waals surface area contributed by atoms with E-state index in [2.05, 4.69) is 10.3 Å². The van der Waals surface area contributed by atoms with Gasteiger partial charge in [-0.3, -0.25) is 4.79 Å². The smallest absolute Gasteiger partial charge is 0.277 e. The zero-order valence-corrected chi connectivity index (χ0v) is 13.8. The third kappa shape index (κ3) is 2.94. The molecule has 126 valence electrons. The van der Waals surface area contributed by atoms with Gasteiger partial charge in [-0.25, -0.2) is 4.98 Å². The summed E-state index contributed by atoms with van der Waals surface area (Å²) in [5.74, 6) is 1.77. The molecule has 7 heteroatoms. The first-order chi connectivity index (χ1) is 11.7. The van der Waals surface area contributed by atoms with Gasteiger partial charge in [0, 0.05) is 24.5 Å². The predicted octanol–water partition coefficient (Wildman–Crippen LogP) is 4.01. The minimum absolute atomic E-state index is 0.250. The van der Waals surface area contributed by atoms with Crippen LogP contribution in [0.1, 0.15) is 48.0 Å². The standard InChI is InChI=1S/C17H17ClN2O4/c18-11-7-14-15(23-6-2-5-22-14)8-12(11)19-16(21)13-9-24-17(20-13)10-3-1-4-10/h7-10H,1-6H2,(H,19,21). The summed E-state index contributed by atoms with van der Waals surface area (Å²) in [6, 6.07) is 3.33. The van der Waals surface area contributed by atoms with Crippen LogP contribution in [0, 0.1) is 0 Å². The lowest BCUT2D eigenvalue weighted by Gasteiger charge is -2.21. The molecule has 1 aromatic heterocycles. The van der Waals surface area contributed by atoms with Gasteiger partial charge >= 0.3 is 0 Å². The Morgan fingerprint density at radius 1 is 1.17 bits per heavy atom. The number of halogens is 1. The van der Waals surface area contributed by atoms with Crippen LogP contribution in [0.5, 0.6) is 11.5 Å². The Balaban J connectivity index is 1.52. The summed E-state index contributed by atoms with van der Waals surface area (Å²) >= 11 is 6.24. The number of oxazole rings is 1. The fraction of sp³-hybridized carbons (Fsp3) is 0.412. The third-order valence-electron chi connectivity index (χ3n) is 4.29. The first-order valence-electron chi connectivity index (χ1n) is 8.06. The second kappa shape index (κ2) is 6.36. The summed E-state index contributed by atoms with van der Waals surface area (Å²) in [4.78, 5) is 16.7. The van der Waals surface area contributed by atoms with Crippen molar-refractivity contribution in [2.45, 2.75) is 31.6 Å². The number of nitrogens with zero attached hydrogens (tertiary/aromatic N) is 1. The highest BCUT2D eigenvalue weighted by Gasteiger charge is 2.26. The molecular formula is C17H17ClN2O4. The zero-order valence-electron chi connectivity index (χ0n) is 13.0. The van der Waals surface area contributed by atoms with Crippen LogP contribution in [0.4, 0.5) is 5.69 Å². The van der Waals surface area contributed by atoms with Crippen molar-refractivity contribution in [2.24, 2.45) is 0 Å². The largest absolute Gasteiger partial charge is 0.490 e. The first-order valence-corrected chi connectivity index (χ1v) is 8.44. The van der Waals surface area contributed by atoms with Gasteiger partial charge < -0.3 is 19.2 Å². The third-order valence-corrected chi connectivity index (χ3v) is 4.61. The molecule has 4 rings (SSSR count). The van der Waals surface area contributed by atoms with Gasteiger partial charge in [0.25, 0.3) is 5.91 Å². The topological polar surface area (TPSA) is 73.6 Å². The Labute approximate surface area is 144 Å². The molecule has 1 N–H and O–H groups in total. The van der Waals surface area contributed by atoms with Crippen LogP contribution in [-0.4, -0.2) is 24.1 Å². The number of hydrogen-bond acceptors (Lipinski definition) is 5. The van der Waals surface area contributed by atoms with E-state index in [-0.39, 0.29) is 11.6 Å². The van der Waals surface area contributed by atoms with Crippen molar-refractivity contribution in [3.63, 3.8) is 0 Å². The van der Waals surface area contributed by atoms with E-state index in [0.29, 0.717) is 47.2 Å². The van der Waals surface area contributed by atoms with Crippen LogP contribution in [-0.2, 0) is 0 Å². The number of carbonyl (C=O) groups excluding carboxylic acids is 1. The van der Waals surface area contributed by atoms with E-state index in [9.17, 15) is 4.79 Å². The lowest BCUT2D eigenvalue weighted by atomic mass is 9.85. The number of carbonyl (C=O) groups is 1. The van der Waals surface area contributed by atoms with Crippen molar-refractivity contribution < 1.29 is 18.7 Å². The molecule has 0 saturated heterocycles. The molecule has 6 nitrogen and oxygen atoms in total. The molecule has 1 fully saturated rings. The Kier molecular flexibility index (Phi) is 4.06. The van der Waals surface area contributed by atoms with Gasteiger partial charge in [-0.2, -0.15) is 0 Å². The summed E-state index contributed by atoms with van der Waals surface area (Å²) < 4.78 is 16.6. The highest BCUT2D eigenvalue weighted by Crippen LogP contribution is 2.38. The number of hydrogen-bond donors (Lipinski definition) is 1. The van der Waals surface area contributed by atoms with Gasteiger partial charge in [-0.05, 0) is 12.8 Å². The quantitative estimate of drug-likeness (QED) is 0.907. The minimum Gasteiger partial charge on any atom is -0.490 e. The number of fused-ring (bicyclic) bond motifs is 1. The Hall–Kier alpha value is -2.21. The maximum Gasteiger partial charge on any atom is 0.277 e. The van der Waals surface area contributed by atoms with Crippen LogP contribution >= 0.6 is 11.6 Å². The number of anilines is 1. The molecule has 24 heavy (non-hydrogen) atoms. The summed E-state index contributed by atoms with van der Waals surface area (Å²) in [5, 5.41) is 3.14. The Morgan fingerprint density at radius 3 is 2.62 bits per heavy atom. The van der Waals surface area contributed by atoms with E-state index in [1.54, 1.807) is 12.1 Å². The van der Waals surface area contributed by atoms with Gasteiger partial charge in [-0.1, -0.05) is 18.0 Å². The van der Waals surface area contributed by atoms with E-state index in [4.69, 9.17) is 25.5 Å². The molecule has 2 aromatic rings. The number of benzene rings is 1. The lowest BCUT2D eigenvalue weighted by molar-refractivity contribution is 0.102. The maximum absolute atomic E-state index is 12.4. The second-order valence-corrected chi connectivity index (χ2v) is 6.39. The zero-order chi connectivity index (χ0) is 16.5. The van der Waals surface area contributed by atoms with E-state index in [1.165, 1.54) is 12.7 Å². The fourth-order valence-corrected chi connectivity index (χ4v) is 2.90. The minimum atomic E-state index is -0.360. The first kappa shape index (κ1) is 15.3. The van der Waals surface area contributed by atoms with Crippen LogP contribution in [0.25, 0.3) is 0 Å². The van der Waals surface area contributed by atoms with Gasteiger partial charge in [-0.15, -0.1) is 0 Å². The van der Waals surface area contributed by atoms with Gasteiger partial charge in [0.05, 0.1) is 23.9 Å². The second-order valence-electron chi connectivity index (χ2n) is 5.98. The molecule has 0 unspecified atom stereocenters. The predicted molar refractivity (Wildman–Crippen MR) is 88.1 cm³/mol. The average Bonchev–Trinajstić information content (AvgIpc) is 2.87. The van der Waals surface area contributed by atoms with Crippen molar-refractivity contribution in [3.8, 4) is 11.5 Å². The summed E-state index contributed by atoms with van der Waals surface area (Å²) in [7, 11) is 0. The highest BCUT2D eigenvalue weighted by atomic mass is 35.5. The molecule has 1 amide bonds. The molecule has 0 bridgehead atoms. The van der Waals surface area contributed by atoms with Crippen LogP contribution in [0.2, 0.25) is 5.02 Å². The highest BCUT2D eigenvalue weighted by molar-refractivity contribution is 6.34. The summed E-state index contributed by atoms with van der Waals surface area (Å²) in [5.41, 5.74) is 0.708. The molecule has 2 aliphatic rings. The van der Waals surface area contributed by atoms with Crippen molar-refractivity contribution in [1.29, 1.82) is 0 Å². The molecule has 0 atom stereocenters. The fourth-order valence-electron chi connectivity index (χ4n) is 2.70. The Bertz CT molecular complexity index is 770. The van der Waals surface area contributed by atoms with Crippen molar-refractivity contribution >= 4 is 23.2 Å². The van der Waals surface area contributed by atoms with E-state index < -0.39 is 0 Å². The van der Waals surface area contributed by atoms with Crippen molar-refractivity contribution in [2.75, 3.05) is 18.5 Å². The van der Waals surface area contributed by atoms with Gasteiger partial charge in [0.15, 0.2) is 23.1 Å². The van der Waals surface area contributed by atoms with Crippen LogP contribution < -0.4 is 14.8 Å². The monoisotopic (exact) mass is 348 g/mol. The van der Waals surface area contributed by atoms with E-state index in [0.717, 1.165) is 19.3 Å². The molecule has 2 heterocycles. The molecular weight excluding hydrogens is 332 g/mol. The van der Waals surface area contributed by atoms with E-state index in [1.807, 2.05) is 0 Å². The number of ether oxygens (including phenoxy) is 2. The average molecular weight is 349 g/mol. The summed E-state index contributed by atoms with van der Waals surface area (Å²) in [6.45, 7) is 1.15. The van der Waals surface area contributed by atoms with Gasteiger partial charge in [0.1, 0.15) is 6.26 Å². The van der Waals surface area contributed by atoms with E-state index >= 15 is 0 Å². The number of rotatable bonds is 3. The number of nitrogens with one attached hydrogen (secondary N) is 1. The molecule has 1 aromatic carbocycles. The van der Waals surface area contributed by atoms with Gasteiger partial charge in [0.2, 0.25) is 0 Å². The maximum atomic E-state index is 12.4. The molecule has 1 saturated carbocycles. The lowest BCUT2D eigenvalue weighted by Crippen LogP contribution is -2.14. The van der Waals surface area contributed by atoms with Crippen LogP contribution in [0.15, 0.2) is 22.8 Å². The Morgan fingerprint density at radius 2 is 1.92 bits per heavy atom. The molecule has 0 spiro atoms. The normalized spacial score (nSPS) is 17.0. The molecule has 0 radical (unpaired) electrons.